The Morgan fingerprint density at radius 2 is 1.30 bits per heavy atom. The maximum atomic E-state index is 15.4. The summed E-state index contributed by atoms with van der Waals surface area (Å²) in [7, 11) is 0. The fourth-order valence-corrected chi connectivity index (χ4v) is 10.4. The molecule has 0 radical (unpaired) electrons. The highest BCUT2D eigenvalue weighted by atomic mass is 16.3. The number of allylic oxidation sites excluding steroid dienone is 4. The molecule has 1 aliphatic heterocycles. The largest absolute Gasteiger partial charge is 0.507 e. The van der Waals surface area contributed by atoms with Crippen molar-refractivity contribution in [3.05, 3.63) is 186 Å². The van der Waals surface area contributed by atoms with E-state index in [4.69, 9.17) is 0 Å². The number of Topliss-reactive ketones (excluding diaryl/α,β-unsaturated/α-hetero) is 1. The fraction of sp³-hybridized carbons (Fsp3) is 0.160. The lowest BCUT2D eigenvalue weighted by molar-refractivity contribution is -0.135. The summed E-state index contributed by atoms with van der Waals surface area (Å²) in [5.41, 5.74) is 3.77. The summed E-state index contributed by atoms with van der Waals surface area (Å²) in [5.74, 6) is -4.61. The number of hydrogen-bond acceptors (Lipinski definition) is 6. The van der Waals surface area contributed by atoms with Gasteiger partial charge in [-0.1, -0.05) is 127 Å². The maximum absolute atomic E-state index is 15.4. The zero-order valence-electron chi connectivity index (χ0n) is 30.9. The molecule has 1 saturated heterocycles. The van der Waals surface area contributed by atoms with Gasteiger partial charge in [0.2, 0.25) is 11.8 Å². The number of benzene rings is 6. The van der Waals surface area contributed by atoms with Crippen LogP contribution in [0.5, 0.6) is 5.75 Å². The number of carbonyl (C=O) groups is 4. The molecule has 7 nitrogen and oxygen atoms in total. The molecule has 278 valence electrons. The molecule has 2 N–H and O–H groups in total. The Morgan fingerprint density at radius 1 is 0.649 bits per heavy atom. The summed E-state index contributed by atoms with van der Waals surface area (Å²) in [6, 6.07) is 47.0. The predicted molar refractivity (Wildman–Crippen MR) is 221 cm³/mol. The quantitative estimate of drug-likeness (QED) is 0.130. The van der Waals surface area contributed by atoms with Gasteiger partial charge in [-0.15, -0.1) is 0 Å². The lowest BCUT2D eigenvalue weighted by Crippen LogP contribution is -2.58. The number of hydrogen-bond donors (Lipinski definition) is 2. The lowest BCUT2D eigenvalue weighted by Gasteiger charge is -2.55. The smallest absolute Gasteiger partial charge is 0.238 e. The molecule has 6 aromatic carbocycles. The van der Waals surface area contributed by atoms with E-state index in [2.05, 4.69) is 5.32 Å². The molecule has 2 amide bonds. The van der Waals surface area contributed by atoms with E-state index in [0.29, 0.717) is 39.8 Å². The van der Waals surface area contributed by atoms with Gasteiger partial charge in [0.05, 0.1) is 22.9 Å². The second kappa shape index (κ2) is 13.4. The molecule has 1 heterocycles. The van der Waals surface area contributed by atoms with Crippen molar-refractivity contribution in [2.45, 2.75) is 24.2 Å². The summed E-state index contributed by atoms with van der Waals surface area (Å²) in [6.45, 7) is 0. The molecule has 2 fully saturated rings. The lowest BCUT2D eigenvalue weighted by atomic mass is 9.44. The average Bonchev–Trinajstić information content (AvgIpc) is 3.51. The molecule has 0 aromatic heterocycles. The number of amides is 2. The number of phenolic OH excluding ortho intramolecular Hbond substituents is 1. The molecule has 10 rings (SSSR count). The Hall–Kier alpha value is -6.86. The Balaban J connectivity index is 1.13. The molecule has 0 spiro atoms. The van der Waals surface area contributed by atoms with Gasteiger partial charge in [-0.05, 0) is 77.7 Å². The van der Waals surface area contributed by atoms with Crippen LogP contribution in [-0.2, 0) is 24.6 Å². The van der Waals surface area contributed by atoms with Crippen LogP contribution in [0, 0.1) is 23.7 Å². The third-order valence-electron chi connectivity index (χ3n) is 12.8. The van der Waals surface area contributed by atoms with Crippen molar-refractivity contribution >= 4 is 56.8 Å². The number of nitrogens with zero attached hydrogens (tertiary/aromatic N) is 1. The van der Waals surface area contributed by atoms with Crippen LogP contribution in [0.4, 0.5) is 17.1 Å². The standard InChI is InChI=1S/C50H38N2O5/c53-43-29-40(30-12-4-1-5-13-30)47(55)42-28-41-37(45(50(42,43)32-15-6-2-7-16-32)39-25-20-31-14-10-11-19-36(31)46(39)54)26-27-38-44(41)49(57)52(48(38)56)35-23-21-34(22-24-35)51-33-17-8-3-9-18-33/h1-26,29,38,41-42,44-45,51,54H,27-28H2/t38-,41+,42-,44-,45+,50-/m0/s1. The van der Waals surface area contributed by atoms with Gasteiger partial charge in [-0.25, -0.2) is 0 Å². The zero-order chi connectivity index (χ0) is 38.8. The Labute approximate surface area is 330 Å². The van der Waals surface area contributed by atoms with Crippen molar-refractivity contribution in [3.63, 3.8) is 0 Å². The summed E-state index contributed by atoms with van der Waals surface area (Å²) in [5, 5.41) is 17.1. The minimum absolute atomic E-state index is 0.0357. The Kier molecular flexibility index (Phi) is 8.15. The van der Waals surface area contributed by atoms with Gasteiger partial charge in [-0.3, -0.25) is 24.1 Å². The van der Waals surface area contributed by atoms with Crippen molar-refractivity contribution in [1.29, 1.82) is 0 Å². The third kappa shape index (κ3) is 5.26. The average molecular weight is 747 g/mol. The van der Waals surface area contributed by atoms with Crippen LogP contribution < -0.4 is 10.2 Å². The van der Waals surface area contributed by atoms with Crippen LogP contribution in [0.2, 0.25) is 0 Å². The van der Waals surface area contributed by atoms with Gasteiger partial charge in [0.1, 0.15) is 5.75 Å². The van der Waals surface area contributed by atoms with E-state index >= 15 is 9.59 Å². The first-order valence-electron chi connectivity index (χ1n) is 19.5. The van der Waals surface area contributed by atoms with Crippen molar-refractivity contribution < 1.29 is 24.3 Å². The Morgan fingerprint density at radius 3 is 2.04 bits per heavy atom. The van der Waals surface area contributed by atoms with Crippen LogP contribution in [0.3, 0.4) is 0 Å². The molecular formula is C50H38N2O5. The first-order valence-corrected chi connectivity index (χ1v) is 19.5. The van der Waals surface area contributed by atoms with Gasteiger partial charge in [0, 0.05) is 39.7 Å². The van der Waals surface area contributed by atoms with Gasteiger partial charge in [-0.2, -0.15) is 0 Å². The van der Waals surface area contributed by atoms with Crippen molar-refractivity contribution in [1.82, 2.24) is 0 Å². The molecule has 57 heavy (non-hydrogen) atoms. The van der Waals surface area contributed by atoms with E-state index < -0.39 is 35.0 Å². The molecular weight excluding hydrogens is 709 g/mol. The number of phenols is 1. The summed E-state index contributed by atoms with van der Waals surface area (Å²) >= 11 is 0. The number of anilines is 3. The SMILES string of the molecule is O=C1C(c2ccccc2)=CC(=O)[C@@]2(c3ccccc3)[C@@H](c3ccc4ccccc4c3O)C3=CC[C@@H]4C(=O)N(c5ccc(Nc6ccccc6)cc5)C(=O)[C@@H]4[C@@H]3C[C@@H]12. The number of rotatable bonds is 6. The van der Waals surface area contributed by atoms with Crippen LogP contribution in [0.1, 0.15) is 35.4 Å². The van der Waals surface area contributed by atoms with E-state index in [-0.39, 0.29) is 35.6 Å². The fourth-order valence-electron chi connectivity index (χ4n) is 10.4. The van der Waals surface area contributed by atoms with Crippen LogP contribution in [0.25, 0.3) is 16.3 Å². The second-order valence-electron chi connectivity index (χ2n) is 15.6. The van der Waals surface area contributed by atoms with Gasteiger partial charge in [0.15, 0.2) is 11.6 Å². The minimum Gasteiger partial charge on any atom is -0.507 e. The van der Waals surface area contributed by atoms with Crippen LogP contribution in [-0.4, -0.2) is 28.5 Å². The first kappa shape index (κ1) is 34.6. The summed E-state index contributed by atoms with van der Waals surface area (Å²) in [4.78, 5) is 61.1. The van der Waals surface area contributed by atoms with Crippen LogP contribution in [0.15, 0.2) is 169 Å². The highest BCUT2D eigenvalue weighted by molar-refractivity contribution is 6.32. The molecule has 7 heteroatoms. The normalized spacial score (nSPS) is 25.3. The zero-order valence-corrected chi connectivity index (χ0v) is 30.9. The molecule has 6 aromatic rings. The maximum Gasteiger partial charge on any atom is 0.238 e. The van der Waals surface area contributed by atoms with E-state index in [1.54, 1.807) is 12.1 Å². The summed E-state index contributed by atoms with van der Waals surface area (Å²) in [6.07, 6.45) is 4.01. The first-order chi connectivity index (χ1) is 27.9. The number of carbonyl (C=O) groups excluding carboxylic acids is 4. The van der Waals surface area contributed by atoms with Gasteiger partial charge >= 0.3 is 0 Å². The van der Waals surface area contributed by atoms with E-state index in [9.17, 15) is 14.7 Å². The van der Waals surface area contributed by atoms with E-state index in [0.717, 1.165) is 22.3 Å². The third-order valence-corrected chi connectivity index (χ3v) is 12.8. The highest BCUT2D eigenvalue weighted by Crippen LogP contribution is 2.64. The number of fused-ring (bicyclic) bond motifs is 5. The van der Waals surface area contributed by atoms with Gasteiger partial charge < -0.3 is 10.4 Å². The van der Waals surface area contributed by atoms with Crippen molar-refractivity contribution in [2.75, 3.05) is 10.2 Å². The molecule has 0 bridgehead atoms. The van der Waals surface area contributed by atoms with Gasteiger partial charge in [0.25, 0.3) is 0 Å². The van der Waals surface area contributed by atoms with E-state index in [1.807, 2.05) is 146 Å². The van der Waals surface area contributed by atoms with Crippen molar-refractivity contribution in [3.8, 4) is 5.75 Å². The topological polar surface area (TPSA) is 104 Å². The van der Waals surface area contributed by atoms with Crippen molar-refractivity contribution in [2.24, 2.45) is 23.7 Å². The number of para-hydroxylation sites is 1. The monoisotopic (exact) mass is 746 g/mol. The number of nitrogens with one attached hydrogen (secondary N) is 1. The molecule has 4 aliphatic rings. The number of imide groups is 1. The Bertz CT molecular complexity index is 2670. The minimum atomic E-state index is -1.43. The highest BCUT2D eigenvalue weighted by Gasteiger charge is 2.66. The molecule has 1 saturated carbocycles. The van der Waals surface area contributed by atoms with E-state index in [1.165, 1.54) is 11.0 Å². The molecule has 3 aliphatic carbocycles. The van der Waals surface area contributed by atoms with Crippen LogP contribution >= 0.6 is 0 Å². The second-order valence-corrected chi connectivity index (χ2v) is 15.6. The molecule has 6 atom stereocenters. The predicted octanol–water partition coefficient (Wildman–Crippen LogP) is 9.32. The summed E-state index contributed by atoms with van der Waals surface area (Å²) < 4.78 is 0. The molecule has 0 unspecified atom stereocenters. The number of aromatic hydroxyl groups is 1. The number of ketones is 2.